The summed E-state index contributed by atoms with van der Waals surface area (Å²) in [5.41, 5.74) is 4.23. The minimum Gasteiger partial charge on any atom is -0.506 e. The number of nitrogens with two attached hydrogens (primary N) is 1. The monoisotopic (exact) mass is 693 g/mol. The first kappa shape index (κ1) is 33.1. The van der Waals surface area contributed by atoms with Crippen LogP contribution in [0.2, 0.25) is 5.02 Å². The number of nitriles is 2. The van der Waals surface area contributed by atoms with Crippen molar-refractivity contribution in [1.29, 1.82) is 10.5 Å². The van der Waals surface area contributed by atoms with E-state index in [1.54, 1.807) is 13.0 Å². The maximum Gasteiger partial charge on any atom is 0.319 e. The fourth-order valence-corrected chi connectivity index (χ4v) is 7.34. The number of aromatic nitrogens is 4. The van der Waals surface area contributed by atoms with Crippen LogP contribution < -0.4 is 15.8 Å². The molecule has 0 saturated carbocycles. The second kappa shape index (κ2) is 13.0. The number of anilines is 1. The van der Waals surface area contributed by atoms with E-state index in [-0.39, 0.29) is 63.7 Å². The number of rotatable bonds is 9. The van der Waals surface area contributed by atoms with Gasteiger partial charge in [0, 0.05) is 30.3 Å². The summed E-state index contributed by atoms with van der Waals surface area (Å²) in [4.78, 5) is 18.7. The molecule has 0 unspecified atom stereocenters. The average molecular weight is 694 g/mol. The number of fused-ring (bicyclic) bond motifs is 2. The van der Waals surface area contributed by atoms with E-state index in [1.807, 2.05) is 17.0 Å². The summed E-state index contributed by atoms with van der Waals surface area (Å²) in [5, 5.41) is 33.1. The van der Waals surface area contributed by atoms with Crippen LogP contribution in [0.4, 0.5) is 19.0 Å². The molecule has 2 aromatic carbocycles. The van der Waals surface area contributed by atoms with Gasteiger partial charge >= 0.3 is 6.01 Å². The summed E-state index contributed by atoms with van der Waals surface area (Å²) in [6.45, 7) is 6.27. The number of phenolic OH excluding ortho intramolecular Hbond substituents is 1. The SMILES string of the molecule is C=C(N)Sc1c(F)ccc(-c2c(Cl)c(O)c3c(N[C@H](C)c4ccnc(C#N)n4)nc(OC[C@@]45CCCN4C[C@H](F)C5)nc3c2F)c1C#N. The average Bonchev–Trinajstić information content (AvgIpc) is 3.59. The number of halogens is 4. The molecule has 0 aliphatic carbocycles. The van der Waals surface area contributed by atoms with Gasteiger partial charge < -0.3 is 20.9 Å². The summed E-state index contributed by atoms with van der Waals surface area (Å²) < 4.78 is 52.1. The predicted octanol–water partition coefficient (Wildman–Crippen LogP) is 6.12. The van der Waals surface area contributed by atoms with Gasteiger partial charge in [0.05, 0.1) is 43.2 Å². The maximum atomic E-state index is 16.8. The van der Waals surface area contributed by atoms with E-state index in [0.717, 1.165) is 25.1 Å². The van der Waals surface area contributed by atoms with Crippen LogP contribution in [-0.2, 0) is 0 Å². The van der Waals surface area contributed by atoms with E-state index in [9.17, 15) is 24.4 Å². The maximum absolute atomic E-state index is 16.8. The largest absolute Gasteiger partial charge is 0.506 e. The molecule has 2 saturated heterocycles. The molecule has 2 aliphatic heterocycles. The molecule has 6 rings (SSSR count). The van der Waals surface area contributed by atoms with Gasteiger partial charge in [-0.25, -0.2) is 23.1 Å². The number of thioether (sulfide) groups is 1. The zero-order chi connectivity index (χ0) is 34.3. The molecule has 2 aromatic heterocycles. The van der Waals surface area contributed by atoms with E-state index in [4.69, 9.17) is 22.1 Å². The molecule has 2 fully saturated rings. The van der Waals surface area contributed by atoms with Crippen LogP contribution in [0.1, 0.15) is 49.3 Å². The number of phenols is 1. The molecule has 246 valence electrons. The Morgan fingerprint density at radius 1 is 1.29 bits per heavy atom. The van der Waals surface area contributed by atoms with Gasteiger partial charge in [0.2, 0.25) is 5.82 Å². The summed E-state index contributed by atoms with van der Waals surface area (Å²) in [5.74, 6) is -2.65. The molecule has 16 heteroatoms. The van der Waals surface area contributed by atoms with Gasteiger partial charge in [-0.05, 0) is 44.5 Å². The van der Waals surface area contributed by atoms with Crippen molar-refractivity contribution in [2.75, 3.05) is 25.0 Å². The summed E-state index contributed by atoms with van der Waals surface area (Å²) in [6, 6.07) is 6.56. The van der Waals surface area contributed by atoms with Crippen molar-refractivity contribution in [3.8, 4) is 35.0 Å². The topological polar surface area (TPSA) is 170 Å². The lowest BCUT2D eigenvalue weighted by atomic mass is 9.95. The van der Waals surface area contributed by atoms with E-state index in [2.05, 4.69) is 31.8 Å². The van der Waals surface area contributed by atoms with Gasteiger partial charge in [-0.1, -0.05) is 29.9 Å². The van der Waals surface area contributed by atoms with Crippen LogP contribution in [0.15, 0.2) is 40.9 Å². The normalized spacial score (nSPS) is 19.4. The molecule has 11 nitrogen and oxygen atoms in total. The molecule has 0 spiro atoms. The van der Waals surface area contributed by atoms with Crippen molar-refractivity contribution in [3.63, 3.8) is 0 Å². The van der Waals surface area contributed by atoms with Crippen LogP contribution >= 0.6 is 23.4 Å². The Hall–Kier alpha value is -4.83. The predicted molar refractivity (Wildman–Crippen MR) is 173 cm³/mol. The number of hydrogen-bond acceptors (Lipinski definition) is 12. The molecule has 0 amide bonds. The molecule has 4 heterocycles. The molecule has 48 heavy (non-hydrogen) atoms. The van der Waals surface area contributed by atoms with Gasteiger partial charge in [0.1, 0.15) is 47.8 Å². The Labute approximate surface area is 282 Å². The van der Waals surface area contributed by atoms with Crippen LogP contribution in [0.25, 0.3) is 22.0 Å². The van der Waals surface area contributed by atoms with E-state index in [1.165, 1.54) is 6.20 Å². The third-order valence-corrected chi connectivity index (χ3v) is 9.74. The van der Waals surface area contributed by atoms with Crippen molar-refractivity contribution in [2.45, 2.75) is 48.8 Å². The molecule has 3 atom stereocenters. The van der Waals surface area contributed by atoms with Crippen LogP contribution in [0, 0.1) is 34.3 Å². The zero-order valence-corrected chi connectivity index (χ0v) is 27.0. The van der Waals surface area contributed by atoms with E-state index in [0.29, 0.717) is 23.9 Å². The molecule has 2 aliphatic rings. The molecule has 4 aromatic rings. The second-order valence-electron chi connectivity index (χ2n) is 11.6. The van der Waals surface area contributed by atoms with Gasteiger partial charge in [0.25, 0.3) is 0 Å². The standard InChI is InChI=1S/C32H27ClF3N9O2S/c1-15(21-6-8-40-22(12-38)42-21)41-30-24-27(43-31(44-30)47-14-32-7-3-9-45(32)13-17(34)10-32)26(36)23(25(33)28(24)46)18-4-5-20(35)29(19(18)11-37)48-16(2)39/h4-6,8,15,17,46H,2-3,7,9-10,13-14,39H2,1H3,(H,41,43,44)/t15-,17-,32+/m1/s1. The van der Waals surface area contributed by atoms with Crippen molar-refractivity contribution in [1.82, 2.24) is 24.8 Å². The molecule has 0 radical (unpaired) electrons. The number of nitrogens with zero attached hydrogens (tertiary/aromatic N) is 7. The highest BCUT2D eigenvalue weighted by molar-refractivity contribution is 8.03. The second-order valence-corrected chi connectivity index (χ2v) is 13.1. The number of aromatic hydroxyl groups is 1. The molecule has 4 N–H and O–H groups in total. The Balaban J connectivity index is 1.52. The minimum atomic E-state index is -1.06. The van der Waals surface area contributed by atoms with Crippen molar-refractivity contribution in [3.05, 3.63) is 69.7 Å². The summed E-state index contributed by atoms with van der Waals surface area (Å²) in [7, 11) is 0. The number of ether oxygens (including phenoxy) is 1. The van der Waals surface area contributed by atoms with Crippen molar-refractivity contribution >= 4 is 40.1 Å². The summed E-state index contributed by atoms with van der Waals surface area (Å²) >= 11 is 7.29. The Bertz CT molecular complexity index is 2060. The third kappa shape index (κ3) is 5.89. The first-order valence-electron chi connectivity index (χ1n) is 14.7. The van der Waals surface area contributed by atoms with E-state index >= 15 is 4.39 Å². The van der Waals surface area contributed by atoms with E-state index < -0.39 is 51.2 Å². The molecular formula is C32H27ClF3N9O2S. The number of nitrogens with one attached hydrogen (secondary N) is 1. The highest BCUT2D eigenvalue weighted by atomic mass is 35.5. The van der Waals surface area contributed by atoms with Crippen LogP contribution in [0.5, 0.6) is 11.8 Å². The minimum absolute atomic E-state index is 0.0120. The van der Waals surface area contributed by atoms with Gasteiger partial charge in [-0.3, -0.25) is 4.90 Å². The fourth-order valence-electron chi connectivity index (χ4n) is 6.37. The van der Waals surface area contributed by atoms with Crippen molar-refractivity contribution in [2.24, 2.45) is 5.73 Å². The van der Waals surface area contributed by atoms with Gasteiger partial charge in [-0.2, -0.15) is 20.5 Å². The first-order valence-corrected chi connectivity index (χ1v) is 15.9. The fraction of sp³-hybridized carbons (Fsp3) is 0.312. The van der Waals surface area contributed by atoms with Gasteiger partial charge in [-0.15, -0.1) is 0 Å². The lowest BCUT2D eigenvalue weighted by Crippen LogP contribution is -2.43. The van der Waals surface area contributed by atoms with Gasteiger partial charge in [0.15, 0.2) is 5.82 Å². The number of hydrogen-bond donors (Lipinski definition) is 3. The lowest BCUT2D eigenvalue weighted by molar-refractivity contribution is 0.107. The Morgan fingerprint density at radius 3 is 2.81 bits per heavy atom. The number of benzene rings is 2. The molecule has 0 bridgehead atoms. The highest BCUT2D eigenvalue weighted by Crippen LogP contribution is 2.48. The third-order valence-electron chi connectivity index (χ3n) is 8.51. The number of alkyl halides is 1. The quantitative estimate of drug-likeness (QED) is 0.172. The zero-order valence-electron chi connectivity index (χ0n) is 25.4. The van der Waals surface area contributed by atoms with Crippen LogP contribution in [-0.4, -0.2) is 61.3 Å². The Kier molecular flexibility index (Phi) is 8.96. The van der Waals surface area contributed by atoms with Crippen LogP contribution in [0.3, 0.4) is 0 Å². The van der Waals surface area contributed by atoms with Crippen molar-refractivity contribution < 1.29 is 23.0 Å². The lowest BCUT2D eigenvalue weighted by Gasteiger charge is -2.30. The molecular weight excluding hydrogens is 667 g/mol. The first-order chi connectivity index (χ1) is 23.0. The smallest absolute Gasteiger partial charge is 0.319 e. The Morgan fingerprint density at radius 2 is 2.08 bits per heavy atom. The highest BCUT2D eigenvalue weighted by Gasteiger charge is 2.49. The summed E-state index contributed by atoms with van der Waals surface area (Å²) in [6.07, 6.45) is 2.22.